The summed E-state index contributed by atoms with van der Waals surface area (Å²) in [6.07, 6.45) is -1.57. The van der Waals surface area contributed by atoms with E-state index in [0.29, 0.717) is 0 Å². The van der Waals surface area contributed by atoms with Crippen LogP contribution in [0.4, 0.5) is 4.39 Å². The van der Waals surface area contributed by atoms with Gasteiger partial charge in [0.25, 0.3) is 0 Å². The molecule has 2 rings (SSSR count). The Hall–Kier alpha value is -2.65. The number of aliphatic hydroxyl groups excluding tert-OH is 4. The van der Waals surface area contributed by atoms with E-state index < -0.39 is 81.3 Å². The first-order valence-corrected chi connectivity index (χ1v) is 10.3. The lowest BCUT2D eigenvalue weighted by atomic mass is 9.86. The molecule has 180 valence electrons. The lowest BCUT2D eigenvalue weighted by molar-refractivity contribution is -0.139. The Morgan fingerprint density at radius 3 is 2.39 bits per heavy atom. The number of halogens is 1. The summed E-state index contributed by atoms with van der Waals surface area (Å²) >= 11 is 0. The van der Waals surface area contributed by atoms with Gasteiger partial charge >= 0.3 is 5.97 Å². The molecule has 3 atom stereocenters. The van der Waals surface area contributed by atoms with Gasteiger partial charge < -0.3 is 25.5 Å². The maximum Gasteiger partial charge on any atom is 0.305 e. The van der Waals surface area contributed by atoms with Gasteiger partial charge in [-0.05, 0) is 29.2 Å². The Kier molecular flexibility index (Phi) is 6.81. The summed E-state index contributed by atoms with van der Waals surface area (Å²) in [5.74, 6) is -4.77. The quantitative estimate of drug-likeness (QED) is 0.343. The van der Waals surface area contributed by atoms with E-state index in [1.54, 1.807) is 6.92 Å². The number of hydrogen-bond donors (Lipinski definition) is 5. The third-order valence-corrected chi connectivity index (χ3v) is 5.11. The van der Waals surface area contributed by atoms with Crippen molar-refractivity contribution in [2.24, 2.45) is 0 Å². The highest BCUT2D eigenvalue weighted by atomic mass is 19.1. The van der Waals surface area contributed by atoms with Crippen molar-refractivity contribution < 1.29 is 42.9 Å². The second-order valence-corrected chi connectivity index (χ2v) is 7.75. The Morgan fingerprint density at radius 2 is 1.85 bits per heavy atom. The van der Waals surface area contributed by atoms with Crippen molar-refractivity contribution >= 4 is 12.0 Å². The number of carboxylic acid groups (broad SMARTS) is 1. The minimum atomic E-state index is -3.09. The van der Waals surface area contributed by atoms with Gasteiger partial charge in [0.15, 0.2) is 0 Å². The summed E-state index contributed by atoms with van der Waals surface area (Å²) in [5, 5.41) is 49.3. The van der Waals surface area contributed by atoms with Crippen LogP contribution in [0.2, 0.25) is 0 Å². The number of rotatable bonds is 11. The van der Waals surface area contributed by atoms with Crippen molar-refractivity contribution in [1.82, 2.24) is 4.98 Å². The van der Waals surface area contributed by atoms with Crippen LogP contribution >= 0.6 is 0 Å². The SMILES string of the molecule is [2H]C([2H])([2H])C(c1nc([C@H](C)CO)c(CO)c(-c2ccc(F)cc2)c1C=C[C@@H](O)C[C@@H](O)CC(=O)O)C([2H])([2H])[2H]. The van der Waals surface area contributed by atoms with E-state index in [1.807, 2.05) is 0 Å². The van der Waals surface area contributed by atoms with Crippen LogP contribution in [0.1, 0.15) is 76.0 Å². The van der Waals surface area contributed by atoms with E-state index in [-0.39, 0.29) is 27.9 Å². The second kappa shape index (κ2) is 12.0. The topological polar surface area (TPSA) is 131 Å². The first-order chi connectivity index (χ1) is 18.0. The van der Waals surface area contributed by atoms with Crippen molar-refractivity contribution in [3.05, 3.63) is 58.7 Å². The number of aromatic nitrogens is 1. The van der Waals surface area contributed by atoms with Crippen molar-refractivity contribution in [2.45, 2.75) is 64.1 Å². The number of hydrogen-bond acceptors (Lipinski definition) is 6. The molecule has 0 unspecified atom stereocenters. The predicted molar refractivity (Wildman–Crippen MR) is 123 cm³/mol. The molecule has 0 aliphatic carbocycles. The molecular weight excluding hydrogens is 429 g/mol. The zero-order valence-corrected chi connectivity index (χ0v) is 18.1. The molecular formula is C25H32FNO6. The molecule has 33 heavy (non-hydrogen) atoms. The number of aliphatic carboxylic acids is 1. The molecule has 2 aromatic rings. The summed E-state index contributed by atoms with van der Waals surface area (Å²) in [4.78, 5) is 15.2. The van der Waals surface area contributed by atoms with Crippen molar-refractivity contribution in [3.8, 4) is 11.1 Å². The number of aliphatic hydroxyl groups is 4. The normalized spacial score (nSPS) is 18.0. The van der Waals surface area contributed by atoms with E-state index in [1.165, 1.54) is 18.2 Å². The van der Waals surface area contributed by atoms with Gasteiger partial charge in [0.2, 0.25) is 0 Å². The van der Waals surface area contributed by atoms with Gasteiger partial charge in [-0.15, -0.1) is 0 Å². The fourth-order valence-electron chi connectivity index (χ4n) is 3.51. The molecule has 0 radical (unpaired) electrons. The van der Waals surface area contributed by atoms with Crippen molar-refractivity contribution in [1.29, 1.82) is 0 Å². The summed E-state index contributed by atoms with van der Waals surface area (Å²) in [6, 6.07) is 4.90. The van der Waals surface area contributed by atoms with Gasteiger partial charge in [0, 0.05) is 31.7 Å². The predicted octanol–water partition coefficient (Wildman–Crippen LogP) is 3.20. The van der Waals surface area contributed by atoms with E-state index in [2.05, 4.69) is 4.98 Å². The Bertz CT molecular complexity index is 1160. The molecule has 1 heterocycles. The first kappa shape index (κ1) is 18.7. The average molecular weight is 468 g/mol. The zero-order valence-electron chi connectivity index (χ0n) is 24.1. The monoisotopic (exact) mass is 467 g/mol. The summed E-state index contributed by atoms with van der Waals surface area (Å²) < 4.78 is 61.8. The molecule has 0 aliphatic rings. The first-order valence-electron chi connectivity index (χ1n) is 13.3. The van der Waals surface area contributed by atoms with Crippen LogP contribution in [0.3, 0.4) is 0 Å². The summed E-state index contributed by atoms with van der Waals surface area (Å²) in [7, 11) is 0. The lowest BCUT2D eigenvalue weighted by Crippen LogP contribution is -2.19. The maximum atomic E-state index is 13.8. The molecule has 0 fully saturated rings. The fourth-order valence-corrected chi connectivity index (χ4v) is 3.51. The number of carbonyl (C=O) groups is 1. The minimum absolute atomic E-state index is 0.0439. The number of nitrogens with zero attached hydrogens (tertiary/aromatic N) is 1. The van der Waals surface area contributed by atoms with Gasteiger partial charge in [0.05, 0.1) is 43.2 Å². The van der Waals surface area contributed by atoms with Gasteiger partial charge in [-0.2, -0.15) is 0 Å². The molecule has 0 aliphatic heterocycles. The highest BCUT2D eigenvalue weighted by Crippen LogP contribution is 2.37. The fraction of sp³-hybridized carbons (Fsp3) is 0.440. The maximum absolute atomic E-state index is 13.8. The van der Waals surface area contributed by atoms with E-state index >= 15 is 0 Å². The van der Waals surface area contributed by atoms with Gasteiger partial charge in [-0.1, -0.05) is 44.9 Å². The molecule has 0 saturated heterocycles. The van der Waals surface area contributed by atoms with Crippen molar-refractivity contribution in [3.63, 3.8) is 0 Å². The van der Waals surface area contributed by atoms with Gasteiger partial charge in [-0.25, -0.2) is 4.39 Å². The van der Waals surface area contributed by atoms with Crippen molar-refractivity contribution in [2.75, 3.05) is 6.61 Å². The standard InChI is InChI=1S/C25H32FNO6/c1-14(2)24-20(9-8-18(30)10-19(31)11-22(32)33)23(16-4-6-17(26)7-5-16)21(13-29)25(27-24)15(3)12-28/h4-9,14-15,18-19,28-31H,10-13H2,1-3H3,(H,32,33)/t15-,18-,19-/m1/s1/i1D3,2D3. The van der Waals surface area contributed by atoms with E-state index in [9.17, 15) is 29.6 Å². The third kappa shape index (κ3) is 6.91. The smallest absolute Gasteiger partial charge is 0.305 e. The summed E-state index contributed by atoms with van der Waals surface area (Å²) in [5.41, 5.74) is 0.0420. The van der Waals surface area contributed by atoms with Crippen LogP contribution in [0.25, 0.3) is 17.2 Å². The van der Waals surface area contributed by atoms with Crippen LogP contribution < -0.4 is 0 Å². The number of pyridine rings is 1. The number of carboxylic acids is 1. The molecule has 7 nitrogen and oxygen atoms in total. The molecule has 1 aromatic carbocycles. The second-order valence-electron chi connectivity index (χ2n) is 7.75. The highest BCUT2D eigenvalue weighted by molar-refractivity contribution is 5.80. The molecule has 1 aromatic heterocycles. The Morgan fingerprint density at radius 1 is 1.18 bits per heavy atom. The Balaban J connectivity index is 2.97. The zero-order chi connectivity index (χ0) is 29.7. The molecule has 0 bridgehead atoms. The Labute approximate surface area is 201 Å². The van der Waals surface area contributed by atoms with E-state index in [4.69, 9.17) is 13.3 Å². The lowest BCUT2D eigenvalue weighted by Gasteiger charge is -2.23. The average Bonchev–Trinajstić information content (AvgIpc) is 2.80. The largest absolute Gasteiger partial charge is 0.481 e. The third-order valence-electron chi connectivity index (χ3n) is 5.11. The molecule has 0 saturated carbocycles. The summed E-state index contributed by atoms with van der Waals surface area (Å²) in [6.45, 7) is -5.76. The number of benzene rings is 1. The molecule has 5 N–H and O–H groups in total. The minimum Gasteiger partial charge on any atom is -0.481 e. The van der Waals surface area contributed by atoms with Crippen LogP contribution in [0.15, 0.2) is 30.3 Å². The van der Waals surface area contributed by atoms with Crippen LogP contribution in [-0.4, -0.2) is 55.3 Å². The molecule has 8 heteroatoms. The highest BCUT2D eigenvalue weighted by Gasteiger charge is 2.24. The van der Waals surface area contributed by atoms with Crippen LogP contribution in [0.5, 0.6) is 0 Å². The van der Waals surface area contributed by atoms with Crippen LogP contribution in [0, 0.1) is 5.82 Å². The van der Waals surface area contributed by atoms with E-state index in [0.717, 1.165) is 18.2 Å². The molecule has 0 amide bonds. The van der Waals surface area contributed by atoms with Gasteiger partial charge in [-0.3, -0.25) is 9.78 Å². The van der Waals surface area contributed by atoms with Gasteiger partial charge in [0.1, 0.15) is 5.82 Å². The molecule has 0 spiro atoms. The van der Waals surface area contributed by atoms with Crippen LogP contribution in [-0.2, 0) is 11.4 Å².